The number of imidazole rings is 1. The molecule has 1 saturated heterocycles. The number of aliphatic hydroxyl groups is 2. The third-order valence-corrected chi connectivity index (χ3v) is 5.60. The molecule has 1 aliphatic heterocycles. The van der Waals surface area contributed by atoms with Crippen LogP contribution in [0.25, 0.3) is 11.2 Å². The number of aliphatic hydroxyl groups excluding tert-OH is 2. The van der Waals surface area contributed by atoms with Gasteiger partial charge in [-0.15, -0.1) is 11.8 Å². The molecule has 3 aromatic rings. The molecule has 29 heavy (non-hydrogen) atoms. The number of rotatable bonds is 6. The van der Waals surface area contributed by atoms with Crippen molar-refractivity contribution in [1.82, 2.24) is 19.5 Å². The topological polar surface area (TPSA) is 148 Å². The molecule has 0 aliphatic carbocycles. The number of amides is 1. The molecule has 1 fully saturated rings. The van der Waals surface area contributed by atoms with Crippen LogP contribution in [0.15, 0.2) is 43.0 Å². The van der Waals surface area contributed by atoms with Crippen LogP contribution in [0.3, 0.4) is 0 Å². The van der Waals surface area contributed by atoms with Crippen molar-refractivity contribution >= 4 is 40.3 Å². The van der Waals surface area contributed by atoms with E-state index >= 15 is 0 Å². The van der Waals surface area contributed by atoms with E-state index in [-0.39, 0.29) is 17.5 Å². The first kappa shape index (κ1) is 19.6. The van der Waals surface area contributed by atoms with Crippen LogP contribution in [0.5, 0.6) is 0 Å². The molecule has 1 amide bonds. The summed E-state index contributed by atoms with van der Waals surface area (Å²) in [6, 6.07) is 9.16. The van der Waals surface area contributed by atoms with Crippen LogP contribution in [0.2, 0.25) is 0 Å². The summed E-state index contributed by atoms with van der Waals surface area (Å²) in [5, 5.41) is 23.6. The first-order chi connectivity index (χ1) is 14.0. The molecular weight excluding hydrogens is 396 g/mol. The van der Waals surface area contributed by atoms with Crippen LogP contribution >= 0.6 is 11.8 Å². The molecule has 4 rings (SSSR count). The molecule has 0 radical (unpaired) electrons. The van der Waals surface area contributed by atoms with E-state index in [0.29, 0.717) is 16.9 Å². The van der Waals surface area contributed by atoms with Gasteiger partial charge in [0.05, 0.1) is 18.2 Å². The maximum absolute atomic E-state index is 12.0. The van der Waals surface area contributed by atoms with Gasteiger partial charge in [-0.05, 0) is 12.1 Å². The molecule has 4 atom stereocenters. The zero-order chi connectivity index (χ0) is 20.4. The predicted molar refractivity (Wildman–Crippen MR) is 108 cm³/mol. The highest BCUT2D eigenvalue weighted by Crippen LogP contribution is 2.33. The second-order valence-corrected chi connectivity index (χ2v) is 7.59. The normalized spacial score (nSPS) is 24.1. The molecule has 10 nitrogen and oxygen atoms in total. The highest BCUT2D eigenvalue weighted by atomic mass is 32.2. The predicted octanol–water partition coefficient (Wildman–Crippen LogP) is 0.400. The van der Waals surface area contributed by atoms with Gasteiger partial charge in [0.1, 0.15) is 24.1 Å². The van der Waals surface area contributed by atoms with Gasteiger partial charge in [0.25, 0.3) is 0 Å². The molecule has 1 aromatic carbocycles. The zero-order valence-corrected chi connectivity index (χ0v) is 16.1. The lowest BCUT2D eigenvalue weighted by molar-refractivity contribution is -0.113. The summed E-state index contributed by atoms with van der Waals surface area (Å²) in [4.78, 5) is 24.2. The Morgan fingerprint density at radius 2 is 2.00 bits per heavy atom. The molecule has 2 aromatic heterocycles. The molecule has 0 bridgehead atoms. The molecule has 5 N–H and O–H groups in total. The summed E-state index contributed by atoms with van der Waals surface area (Å²) in [5.74, 6) is 0.595. The van der Waals surface area contributed by atoms with E-state index in [9.17, 15) is 15.0 Å². The van der Waals surface area contributed by atoms with Crippen molar-refractivity contribution in [3.63, 3.8) is 0 Å². The Bertz CT molecular complexity index is 1000. The number of hydrogen-bond acceptors (Lipinski definition) is 9. The maximum Gasteiger partial charge on any atom is 0.234 e. The van der Waals surface area contributed by atoms with Gasteiger partial charge in [-0.1, -0.05) is 18.2 Å². The highest BCUT2D eigenvalue weighted by Gasteiger charge is 2.44. The molecule has 0 saturated carbocycles. The number of carbonyl (C=O) groups is 1. The van der Waals surface area contributed by atoms with Gasteiger partial charge in [0.15, 0.2) is 17.7 Å². The van der Waals surface area contributed by atoms with Crippen LogP contribution < -0.4 is 11.1 Å². The van der Waals surface area contributed by atoms with Crippen molar-refractivity contribution in [2.75, 3.05) is 22.6 Å². The molecule has 152 valence electrons. The maximum atomic E-state index is 12.0. The number of thioether (sulfide) groups is 1. The lowest BCUT2D eigenvalue weighted by Crippen LogP contribution is -2.32. The fourth-order valence-electron chi connectivity index (χ4n) is 3.14. The van der Waals surface area contributed by atoms with E-state index in [1.165, 1.54) is 29.0 Å². The summed E-state index contributed by atoms with van der Waals surface area (Å²) in [6.45, 7) is 0. The van der Waals surface area contributed by atoms with E-state index in [2.05, 4.69) is 20.3 Å². The van der Waals surface area contributed by atoms with Crippen LogP contribution in [-0.2, 0) is 9.53 Å². The number of carbonyl (C=O) groups excluding carboxylic acids is 1. The number of fused-ring (bicyclic) bond motifs is 1. The van der Waals surface area contributed by atoms with Crippen molar-refractivity contribution in [2.24, 2.45) is 0 Å². The number of nitrogens with zero attached hydrogens (tertiary/aromatic N) is 4. The third-order valence-electron chi connectivity index (χ3n) is 4.57. The van der Waals surface area contributed by atoms with E-state index in [1.54, 1.807) is 12.1 Å². The lowest BCUT2D eigenvalue weighted by Gasteiger charge is -2.16. The van der Waals surface area contributed by atoms with Gasteiger partial charge in [-0.2, -0.15) is 0 Å². The minimum Gasteiger partial charge on any atom is -0.387 e. The van der Waals surface area contributed by atoms with Gasteiger partial charge in [0, 0.05) is 11.4 Å². The van der Waals surface area contributed by atoms with Crippen molar-refractivity contribution < 1.29 is 19.7 Å². The fraction of sp³-hybridized carbons (Fsp3) is 0.333. The number of benzene rings is 1. The fourth-order valence-corrected chi connectivity index (χ4v) is 4.02. The number of nitrogens with one attached hydrogen (secondary N) is 1. The summed E-state index contributed by atoms with van der Waals surface area (Å²) < 4.78 is 7.37. The number of aromatic nitrogens is 4. The molecule has 3 heterocycles. The van der Waals surface area contributed by atoms with Crippen LogP contribution in [0.1, 0.15) is 6.23 Å². The number of anilines is 2. The highest BCUT2D eigenvalue weighted by molar-refractivity contribution is 8.00. The second-order valence-electron chi connectivity index (χ2n) is 6.56. The standard InChI is InChI=1S/C18H20N6O4S/c19-16-13-17(21-8-20-16)24(9-22-13)18-15(27)14(26)11(28-18)6-29-7-12(25)23-10-4-2-1-3-5-10/h1-5,8-9,11,14-15,18,26-27H,6-7H2,(H,23,25)(H2,19,20,21)/t11-,14-,15-,18-/m1/s1. The Kier molecular flexibility index (Phi) is 5.62. The van der Waals surface area contributed by atoms with Crippen molar-refractivity contribution in [3.8, 4) is 0 Å². The van der Waals surface area contributed by atoms with E-state index in [0.717, 1.165) is 5.69 Å². The summed E-state index contributed by atoms with van der Waals surface area (Å²) in [7, 11) is 0. The van der Waals surface area contributed by atoms with Crippen molar-refractivity contribution in [1.29, 1.82) is 0 Å². The number of nitrogen functional groups attached to an aromatic ring is 1. The quantitative estimate of drug-likeness (QED) is 0.448. The van der Waals surface area contributed by atoms with E-state index in [1.807, 2.05) is 18.2 Å². The Morgan fingerprint density at radius 3 is 2.79 bits per heavy atom. The molecule has 0 unspecified atom stereocenters. The van der Waals surface area contributed by atoms with Gasteiger partial charge >= 0.3 is 0 Å². The summed E-state index contributed by atoms with van der Waals surface area (Å²) in [6.07, 6.45) is -1.06. The first-order valence-electron chi connectivity index (χ1n) is 8.92. The average Bonchev–Trinajstić information content (AvgIpc) is 3.26. The van der Waals surface area contributed by atoms with Crippen molar-refractivity contribution in [3.05, 3.63) is 43.0 Å². The molecule has 11 heteroatoms. The Morgan fingerprint density at radius 1 is 1.21 bits per heavy atom. The number of para-hydroxylation sites is 1. The third kappa shape index (κ3) is 4.03. The van der Waals surface area contributed by atoms with Gasteiger partial charge in [-0.3, -0.25) is 9.36 Å². The minimum atomic E-state index is -1.17. The summed E-state index contributed by atoms with van der Waals surface area (Å²) >= 11 is 1.31. The van der Waals surface area contributed by atoms with Gasteiger partial charge in [0.2, 0.25) is 5.91 Å². The number of hydrogen-bond donors (Lipinski definition) is 4. The Balaban J connectivity index is 1.36. The minimum absolute atomic E-state index is 0.154. The summed E-state index contributed by atoms with van der Waals surface area (Å²) in [5.41, 5.74) is 7.31. The zero-order valence-electron chi connectivity index (χ0n) is 15.3. The monoisotopic (exact) mass is 416 g/mol. The smallest absolute Gasteiger partial charge is 0.234 e. The second kappa shape index (κ2) is 8.33. The van der Waals surface area contributed by atoms with Crippen LogP contribution in [0.4, 0.5) is 11.5 Å². The Labute approximate surface area is 170 Å². The number of nitrogens with two attached hydrogens (primary N) is 1. The van der Waals surface area contributed by atoms with Crippen LogP contribution in [-0.4, -0.2) is 65.5 Å². The van der Waals surface area contributed by atoms with Gasteiger partial charge < -0.3 is 26.0 Å². The molecule has 1 aliphatic rings. The SMILES string of the molecule is Nc1ncnc2c1ncn2[C@@H]1O[C@H](CSCC(=O)Nc2ccccc2)[C@@H](O)[C@H]1O. The lowest BCUT2D eigenvalue weighted by atomic mass is 10.1. The van der Waals surface area contributed by atoms with Crippen LogP contribution in [0, 0.1) is 0 Å². The van der Waals surface area contributed by atoms with E-state index < -0.39 is 24.5 Å². The van der Waals surface area contributed by atoms with Gasteiger partial charge in [-0.25, -0.2) is 15.0 Å². The largest absolute Gasteiger partial charge is 0.387 e. The molecule has 0 spiro atoms. The first-order valence-corrected chi connectivity index (χ1v) is 10.1. The Hall–Kier alpha value is -2.73. The molecular formula is C18H20N6O4S. The van der Waals surface area contributed by atoms with Crippen molar-refractivity contribution in [2.45, 2.75) is 24.5 Å². The van der Waals surface area contributed by atoms with E-state index in [4.69, 9.17) is 10.5 Å². The average molecular weight is 416 g/mol. The number of ether oxygens (including phenoxy) is 1.